The Bertz CT molecular complexity index is 422. The average Bonchev–Trinajstić information content (AvgIpc) is 2.43. The molecule has 1 N–H and O–H groups in total. The summed E-state index contributed by atoms with van der Waals surface area (Å²) in [7, 11) is 2.86. The van der Waals surface area contributed by atoms with E-state index in [1.165, 1.54) is 19.3 Å². The molecule has 2 atom stereocenters. The van der Waals surface area contributed by atoms with E-state index in [9.17, 15) is 9.90 Å². The van der Waals surface area contributed by atoms with Gasteiger partial charge in [-0.15, -0.1) is 0 Å². The Balaban J connectivity index is 2.72. The van der Waals surface area contributed by atoms with Gasteiger partial charge >= 0.3 is 5.97 Å². The van der Waals surface area contributed by atoms with Crippen LogP contribution in [0.2, 0.25) is 0 Å². The summed E-state index contributed by atoms with van der Waals surface area (Å²) in [5, 5.41) is 9.61. The standard InChI is InChI=1S/C14H18O5/c1-10(15)13(8-9-14(16)18-3)19-12-6-4-11(17-2)5-7-12/h4-10,13,15H,1-3H3/b9-8+. The number of ether oxygens (including phenoxy) is 3. The van der Waals surface area contributed by atoms with Crippen LogP contribution < -0.4 is 9.47 Å². The molecule has 1 aromatic rings. The van der Waals surface area contributed by atoms with E-state index in [0.29, 0.717) is 11.5 Å². The van der Waals surface area contributed by atoms with Crippen molar-refractivity contribution in [2.24, 2.45) is 0 Å². The van der Waals surface area contributed by atoms with Crippen LogP contribution in [0.1, 0.15) is 6.92 Å². The molecule has 0 aliphatic heterocycles. The molecule has 5 nitrogen and oxygen atoms in total. The molecule has 0 aromatic heterocycles. The zero-order chi connectivity index (χ0) is 14.3. The predicted molar refractivity (Wildman–Crippen MR) is 70.2 cm³/mol. The Labute approximate surface area is 112 Å². The first kappa shape index (κ1) is 15.0. The Hall–Kier alpha value is -2.01. The number of hydrogen-bond donors (Lipinski definition) is 1. The van der Waals surface area contributed by atoms with Crippen molar-refractivity contribution in [3.05, 3.63) is 36.4 Å². The van der Waals surface area contributed by atoms with E-state index in [-0.39, 0.29) is 0 Å². The van der Waals surface area contributed by atoms with Crippen molar-refractivity contribution < 1.29 is 24.1 Å². The van der Waals surface area contributed by atoms with Gasteiger partial charge in [-0.05, 0) is 37.3 Å². The molecule has 19 heavy (non-hydrogen) atoms. The van der Waals surface area contributed by atoms with Crippen molar-refractivity contribution in [3.63, 3.8) is 0 Å². The fourth-order valence-corrected chi connectivity index (χ4v) is 1.35. The minimum atomic E-state index is -0.761. The van der Waals surface area contributed by atoms with E-state index in [0.717, 1.165) is 0 Å². The lowest BCUT2D eigenvalue weighted by molar-refractivity contribution is -0.134. The molecule has 0 aliphatic rings. The molecule has 1 rings (SSSR count). The first-order valence-electron chi connectivity index (χ1n) is 5.81. The maximum Gasteiger partial charge on any atom is 0.330 e. The molecular weight excluding hydrogens is 248 g/mol. The van der Waals surface area contributed by atoms with Crippen LogP contribution in [0.5, 0.6) is 11.5 Å². The van der Waals surface area contributed by atoms with Crippen LogP contribution >= 0.6 is 0 Å². The number of rotatable bonds is 6. The minimum Gasteiger partial charge on any atom is -0.497 e. The van der Waals surface area contributed by atoms with E-state index in [1.54, 1.807) is 38.3 Å². The maximum atomic E-state index is 11.0. The third-order valence-electron chi connectivity index (χ3n) is 2.43. The van der Waals surface area contributed by atoms with Gasteiger partial charge in [0.15, 0.2) is 0 Å². The summed E-state index contributed by atoms with van der Waals surface area (Å²) >= 11 is 0. The van der Waals surface area contributed by atoms with Crippen LogP contribution in [0.3, 0.4) is 0 Å². The minimum absolute atomic E-state index is 0.496. The van der Waals surface area contributed by atoms with Crippen LogP contribution in [0.4, 0.5) is 0 Å². The third-order valence-corrected chi connectivity index (χ3v) is 2.43. The zero-order valence-corrected chi connectivity index (χ0v) is 11.2. The van der Waals surface area contributed by atoms with Crippen LogP contribution in [0.15, 0.2) is 36.4 Å². The highest BCUT2D eigenvalue weighted by Gasteiger charge is 2.14. The summed E-state index contributed by atoms with van der Waals surface area (Å²) in [6.45, 7) is 1.58. The quantitative estimate of drug-likeness (QED) is 0.625. The lowest BCUT2D eigenvalue weighted by Gasteiger charge is -2.18. The van der Waals surface area contributed by atoms with Crippen molar-refractivity contribution in [3.8, 4) is 11.5 Å². The van der Waals surface area contributed by atoms with Crippen molar-refractivity contribution >= 4 is 5.97 Å². The topological polar surface area (TPSA) is 65.0 Å². The van der Waals surface area contributed by atoms with Gasteiger partial charge in [-0.25, -0.2) is 4.79 Å². The second-order valence-corrected chi connectivity index (χ2v) is 3.88. The molecule has 0 bridgehead atoms. The Morgan fingerprint density at radius 2 is 1.79 bits per heavy atom. The lowest BCUT2D eigenvalue weighted by atomic mass is 10.2. The Kier molecular flexibility index (Phi) is 5.89. The molecule has 0 saturated heterocycles. The number of carbonyl (C=O) groups excluding carboxylic acids is 1. The van der Waals surface area contributed by atoms with Gasteiger partial charge in [0, 0.05) is 6.08 Å². The van der Waals surface area contributed by atoms with Crippen molar-refractivity contribution in [2.45, 2.75) is 19.1 Å². The number of carbonyl (C=O) groups is 1. The number of aliphatic hydroxyl groups is 1. The SMILES string of the molecule is COC(=O)/C=C/C(Oc1ccc(OC)cc1)C(C)O. The van der Waals surface area contributed by atoms with Gasteiger partial charge in [0.05, 0.1) is 20.3 Å². The van der Waals surface area contributed by atoms with E-state index in [1.807, 2.05) is 0 Å². The molecule has 0 aliphatic carbocycles. The second-order valence-electron chi connectivity index (χ2n) is 3.88. The average molecular weight is 266 g/mol. The van der Waals surface area contributed by atoms with Crippen molar-refractivity contribution in [1.29, 1.82) is 0 Å². The van der Waals surface area contributed by atoms with Crippen molar-refractivity contribution in [1.82, 2.24) is 0 Å². The molecule has 0 fully saturated rings. The van der Waals surface area contributed by atoms with E-state index in [2.05, 4.69) is 4.74 Å². The first-order chi connectivity index (χ1) is 9.06. The summed E-state index contributed by atoms with van der Waals surface area (Å²) < 4.78 is 15.1. The van der Waals surface area contributed by atoms with Gasteiger partial charge in [-0.1, -0.05) is 0 Å². The fourth-order valence-electron chi connectivity index (χ4n) is 1.35. The molecular formula is C14H18O5. The highest BCUT2D eigenvalue weighted by Crippen LogP contribution is 2.19. The lowest BCUT2D eigenvalue weighted by Crippen LogP contribution is -2.27. The number of aliphatic hydroxyl groups excluding tert-OH is 1. The highest BCUT2D eigenvalue weighted by atomic mass is 16.5. The van der Waals surface area contributed by atoms with Crippen LogP contribution in [-0.4, -0.2) is 37.5 Å². The van der Waals surface area contributed by atoms with Gasteiger partial charge in [0.1, 0.15) is 17.6 Å². The third kappa shape index (κ3) is 5.01. The maximum absolute atomic E-state index is 11.0. The van der Waals surface area contributed by atoms with E-state index >= 15 is 0 Å². The first-order valence-corrected chi connectivity index (χ1v) is 5.81. The van der Waals surface area contributed by atoms with E-state index in [4.69, 9.17) is 9.47 Å². The monoisotopic (exact) mass is 266 g/mol. The van der Waals surface area contributed by atoms with Crippen molar-refractivity contribution in [2.75, 3.05) is 14.2 Å². The van der Waals surface area contributed by atoms with Gasteiger partial charge in [0.25, 0.3) is 0 Å². The summed E-state index contributed by atoms with van der Waals surface area (Å²) in [5.74, 6) is 0.788. The molecule has 0 spiro atoms. The van der Waals surface area contributed by atoms with Gasteiger partial charge in [0.2, 0.25) is 0 Å². The molecule has 5 heteroatoms. The molecule has 0 saturated carbocycles. The van der Waals surface area contributed by atoms with Gasteiger partial charge < -0.3 is 19.3 Å². The number of esters is 1. The molecule has 104 valence electrons. The normalized spacial score (nSPS) is 13.9. The molecule has 1 aromatic carbocycles. The number of hydrogen-bond acceptors (Lipinski definition) is 5. The molecule has 2 unspecified atom stereocenters. The Morgan fingerprint density at radius 1 is 1.21 bits per heavy atom. The molecule has 0 radical (unpaired) electrons. The Morgan fingerprint density at radius 3 is 2.26 bits per heavy atom. The van der Waals surface area contributed by atoms with Gasteiger partial charge in [-0.2, -0.15) is 0 Å². The van der Waals surface area contributed by atoms with Crippen LogP contribution in [-0.2, 0) is 9.53 Å². The summed E-state index contributed by atoms with van der Waals surface area (Å²) in [6.07, 6.45) is 1.29. The zero-order valence-electron chi connectivity index (χ0n) is 11.2. The molecule has 0 heterocycles. The van der Waals surface area contributed by atoms with Gasteiger partial charge in [-0.3, -0.25) is 0 Å². The number of benzene rings is 1. The second kappa shape index (κ2) is 7.43. The molecule has 0 amide bonds. The summed E-state index contributed by atoms with van der Waals surface area (Å²) in [6, 6.07) is 6.94. The summed E-state index contributed by atoms with van der Waals surface area (Å²) in [5.41, 5.74) is 0. The predicted octanol–water partition coefficient (Wildman–Crippen LogP) is 1.55. The fraction of sp³-hybridized carbons (Fsp3) is 0.357. The summed E-state index contributed by atoms with van der Waals surface area (Å²) in [4.78, 5) is 11.0. The highest BCUT2D eigenvalue weighted by molar-refractivity contribution is 5.81. The smallest absolute Gasteiger partial charge is 0.330 e. The number of methoxy groups -OCH3 is 2. The van der Waals surface area contributed by atoms with Crippen LogP contribution in [0.25, 0.3) is 0 Å². The van der Waals surface area contributed by atoms with E-state index < -0.39 is 18.2 Å². The largest absolute Gasteiger partial charge is 0.497 e. The van der Waals surface area contributed by atoms with Crippen LogP contribution in [0, 0.1) is 0 Å².